The summed E-state index contributed by atoms with van der Waals surface area (Å²) in [4.78, 5) is 17.8. The zero-order valence-corrected chi connectivity index (χ0v) is 22.3. The highest BCUT2D eigenvalue weighted by molar-refractivity contribution is 7.09. The third-order valence-corrected chi connectivity index (χ3v) is 8.25. The zero-order valence-electron chi connectivity index (χ0n) is 19.9. The number of thiophene rings is 2. The van der Waals surface area contributed by atoms with Gasteiger partial charge in [0.15, 0.2) is 5.88 Å². The molecule has 1 aliphatic heterocycles. The van der Waals surface area contributed by atoms with E-state index in [1.807, 2.05) is 46.0 Å². The van der Waals surface area contributed by atoms with Crippen molar-refractivity contribution < 1.29 is 19.4 Å². The number of carbonyl (C=O) groups is 1. The van der Waals surface area contributed by atoms with Crippen molar-refractivity contribution in [2.45, 2.75) is 38.4 Å². The molecule has 5 rings (SSSR count). The Labute approximate surface area is 224 Å². The van der Waals surface area contributed by atoms with Gasteiger partial charge in [-0.3, -0.25) is 9.69 Å². The number of halogens is 1. The highest BCUT2D eigenvalue weighted by Crippen LogP contribution is 2.37. The van der Waals surface area contributed by atoms with Crippen molar-refractivity contribution in [2.24, 2.45) is 0 Å². The van der Waals surface area contributed by atoms with E-state index in [1.165, 1.54) is 5.57 Å². The molecule has 1 N–H and O–H groups in total. The summed E-state index contributed by atoms with van der Waals surface area (Å²) in [6.07, 6.45) is 2.45. The number of nitrogens with zero attached hydrogens (tertiary/aromatic N) is 2. The van der Waals surface area contributed by atoms with Crippen molar-refractivity contribution >= 4 is 40.2 Å². The molecule has 1 aliphatic carbocycles. The van der Waals surface area contributed by atoms with Crippen LogP contribution in [0.25, 0.3) is 0 Å². The lowest BCUT2D eigenvalue weighted by Gasteiger charge is -2.31. The van der Waals surface area contributed by atoms with Crippen LogP contribution in [-0.4, -0.2) is 53.2 Å². The van der Waals surface area contributed by atoms with Gasteiger partial charge in [0.1, 0.15) is 11.8 Å². The molecular formula is C27H29ClN2O4S2. The fraction of sp³-hybridized carbons (Fsp3) is 0.370. The van der Waals surface area contributed by atoms with Gasteiger partial charge in [-0.2, -0.15) is 11.3 Å². The van der Waals surface area contributed by atoms with Crippen LogP contribution in [0.4, 0.5) is 0 Å². The van der Waals surface area contributed by atoms with Crippen molar-refractivity contribution in [1.29, 1.82) is 0 Å². The van der Waals surface area contributed by atoms with Crippen molar-refractivity contribution in [3.05, 3.63) is 85.0 Å². The summed E-state index contributed by atoms with van der Waals surface area (Å²) in [5.41, 5.74) is 3.29. The molecule has 1 aromatic carbocycles. The second-order valence-corrected chi connectivity index (χ2v) is 11.3. The van der Waals surface area contributed by atoms with Gasteiger partial charge in [0.05, 0.1) is 18.2 Å². The van der Waals surface area contributed by atoms with E-state index in [4.69, 9.17) is 21.1 Å². The predicted octanol–water partition coefficient (Wildman–Crippen LogP) is 5.88. The second-order valence-electron chi connectivity index (χ2n) is 9.05. The smallest absolute Gasteiger partial charge is 0.321 e. The Balaban J connectivity index is 1.33. The minimum Gasteiger partial charge on any atom is -0.480 e. The molecule has 1 saturated heterocycles. The lowest BCUT2D eigenvalue weighted by Crippen LogP contribution is -2.41. The Hall–Kier alpha value is -2.36. The number of carboxylic acid groups (broad SMARTS) is 1. The molecule has 3 heterocycles. The van der Waals surface area contributed by atoms with Gasteiger partial charge in [-0.25, -0.2) is 0 Å². The van der Waals surface area contributed by atoms with Crippen LogP contribution in [0.1, 0.15) is 28.8 Å². The Morgan fingerprint density at radius 2 is 1.97 bits per heavy atom. The number of aliphatic carboxylic acids is 1. The van der Waals surface area contributed by atoms with Gasteiger partial charge in [-0.1, -0.05) is 23.7 Å². The molecule has 36 heavy (non-hydrogen) atoms. The topological polar surface area (TPSA) is 62.2 Å². The normalized spacial score (nSPS) is 16.3. The molecule has 9 heteroatoms. The number of rotatable bonds is 11. The molecule has 0 unspecified atom stereocenters. The molecule has 2 aromatic heterocycles. The van der Waals surface area contributed by atoms with Gasteiger partial charge >= 0.3 is 5.97 Å². The van der Waals surface area contributed by atoms with E-state index < -0.39 is 12.0 Å². The van der Waals surface area contributed by atoms with E-state index in [0.29, 0.717) is 43.5 Å². The van der Waals surface area contributed by atoms with Crippen LogP contribution in [0.15, 0.2) is 64.0 Å². The maximum atomic E-state index is 12.4. The van der Waals surface area contributed by atoms with E-state index >= 15 is 0 Å². The van der Waals surface area contributed by atoms with E-state index in [1.54, 1.807) is 22.7 Å². The van der Waals surface area contributed by atoms with E-state index in [-0.39, 0.29) is 0 Å². The van der Waals surface area contributed by atoms with Crippen LogP contribution in [0, 0.1) is 0 Å². The summed E-state index contributed by atoms with van der Waals surface area (Å²) in [7, 11) is 0. The van der Waals surface area contributed by atoms with Gasteiger partial charge < -0.3 is 19.5 Å². The number of ether oxygens (including phenoxy) is 2. The first kappa shape index (κ1) is 25.3. The SMILES string of the molecule is O=C(O)[C@H](Cc1ccc(OC(=C2CC2)N2CCOCC2)c(Cl)c1)N(Cc1ccsc1)Cc1cccs1. The number of hydrogen-bond acceptors (Lipinski definition) is 7. The highest BCUT2D eigenvalue weighted by Gasteiger charge is 2.29. The van der Waals surface area contributed by atoms with Gasteiger partial charge in [0.25, 0.3) is 0 Å². The summed E-state index contributed by atoms with van der Waals surface area (Å²) in [5.74, 6) is 0.655. The Bertz CT molecular complexity index is 1150. The first-order valence-electron chi connectivity index (χ1n) is 12.1. The standard InChI is InChI=1S/C27H29ClN2O4S2/c28-23-14-19(3-6-25(23)34-26(21-4-5-21)29-8-10-33-11-9-29)15-24(27(31)32)30(16-20-7-13-35-18-20)17-22-2-1-12-36-22/h1-3,6-7,12-14,18,24H,4-5,8-11,15-17H2,(H,31,32)/t24-/m0/s1. The number of hydrogen-bond donors (Lipinski definition) is 1. The van der Waals surface area contributed by atoms with Crippen LogP contribution in [0.5, 0.6) is 5.75 Å². The average Bonchev–Trinajstić information content (AvgIpc) is 3.33. The molecule has 2 aliphatic rings. The first-order valence-corrected chi connectivity index (χ1v) is 14.3. The summed E-state index contributed by atoms with van der Waals surface area (Å²) in [5, 5.41) is 16.8. The molecule has 0 amide bonds. The van der Waals surface area contributed by atoms with Crippen molar-refractivity contribution in [3.8, 4) is 5.75 Å². The van der Waals surface area contributed by atoms with Crippen LogP contribution < -0.4 is 4.74 Å². The van der Waals surface area contributed by atoms with Crippen molar-refractivity contribution in [3.63, 3.8) is 0 Å². The van der Waals surface area contributed by atoms with E-state index in [0.717, 1.165) is 47.8 Å². The number of benzene rings is 1. The van der Waals surface area contributed by atoms with Gasteiger partial charge in [0, 0.05) is 31.1 Å². The molecule has 0 bridgehead atoms. The fourth-order valence-corrected chi connectivity index (χ4v) is 5.98. The average molecular weight is 545 g/mol. The number of morpholine rings is 1. The first-order chi connectivity index (χ1) is 17.6. The van der Waals surface area contributed by atoms with Crippen LogP contribution >= 0.6 is 34.3 Å². The summed E-state index contributed by atoms with van der Waals surface area (Å²) >= 11 is 9.93. The van der Waals surface area contributed by atoms with Gasteiger partial charge in [-0.15, -0.1) is 11.3 Å². The minimum atomic E-state index is -0.841. The van der Waals surface area contributed by atoms with Crippen LogP contribution in [0.2, 0.25) is 5.02 Å². The van der Waals surface area contributed by atoms with Crippen molar-refractivity contribution in [2.75, 3.05) is 26.3 Å². The largest absolute Gasteiger partial charge is 0.480 e. The molecule has 190 valence electrons. The van der Waals surface area contributed by atoms with E-state index in [2.05, 4.69) is 16.3 Å². The maximum absolute atomic E-state index is 12.4. The van der Waals surface area contributed by atoms with Crippen molar-refractivity contribution in [1.82, 2.24) is 9.80 Å². The van der Waals surface area contributed by atoms with Crippen LogP contribution in [-0.2, 0) is 29.0 Å². The Morgan fingerprint density at radius 1 is 1.14 bits per heavy atom. The molecule has 2 fully saturated rings. The molecule has 1 saturated carbocycles. The molecular weight excluding hydrogens is 516 g/mol. The van der Waals surface area contributed by atoms with Gasteiger partial charge in [-0.05, 0) is 76.4 Å². The summed E-state index contributed by atoms with van der Waals surface area (Å²) in [6.45, 7) is 4.14. The third kappa shape index (κ3) is 6.49. The quantitative estimate of drug-likeness (QED) is 0.304. The fourth-order valence-electron chi connectivity index (χ4n) is 4.35. The molecule has 6 nitrogen and oxygen atoms in total. The molecule has 0 radical (unpaired) electrons. The number of carboxylic acids is 1. The molecule has 0 spiro atoms. The molecule has 1 atom stereocenters. The summed E-state index contributed by atoms with van der Waals surface area (Å²) in [6, 6.07) is 11.0. The maximum Gasteiger partial charge on any atom is 0.321 e. The number of allylic oxidation sites excluding steroid dienone is 1. The monoisotopic (exact) mass is 544 g/mol. The zero-order chi connectivity index (χ0) is 24.9. The van der Waals surface area contributed by atoms with Crippen LogP contribution in [0.3, 0.4) is 0 Å². The lowest BCUT2D eigenvalue weighted by atomic mass is 10.0. The lowest BCUT2D eigenvalue weighted by molar-refractivity contribution is -0.143. The van der Waals surface area contributed by atoms with Gasteiger partial charge in [0.2, 0.25) is 0 Å². The predicted molar refractivity (Wildman–Crippen MR) is 144 cm³/mol. The highest BCUT2D eigenvalue weighted by atomic mass is 35.5. The summed E-state index contributed by atoms with van der Waals surface area (Å²) < 4.78 is 11.8. The van der Waals surface area contributed by atoms with E-state index in [9.17, 15) is 9.90 Å². The minimum absolute atomic E-state index is 0.349. The Morgan fingerprint density at radius 3 is 2.61 bits per heavy atom. The third-order valence-electron chi connectivity index (χ3n) is 6.36. The molecule has 3 aromatic rings. The Kier molecular flexibility index (Phi) is 8.29. The second kappa shape index (κ2) is 11.8.